The van der Waals surface area contributed by atoms with Crippen LogP contribution < -0.4 is 5.32 Å². The Morgan fingerprint density at radius 2 is 2.39 bits per heavy atom. The first-order valence-corrected chi connectivity index (χ1v) is 8.18. The number of H-pyrrole nitrogens is 1. The minimum Gasteiger partial charge on any atom is -0.372 e. The third kappa shape index (κ3) is 3.06. The van der Waals surface area contributed by atoms with Gasteiger partial charge in [-0.05, 0) is 37.0 Å². The number of aromatic amines is 1. The zero-order valence-corrected chi connectivity index (χ0v) is 13.7. The van der Waals surface area contributed by atoms with Crippen LogP contribution in [0, 0.1) is 0 Å². The summed E-state index contributed by atoms with van der Waals surface area (Å²) in [6, 6.07) is 3.64. The first-order chi connectivity index (χ1) is 11.2. The number of carbonyl (C=O) groups is 1. The lowest BCUT2D eigenvalue weighted by Crippen LogP contribution is -2.39. The van der Waals surface area contributed by atoms with E-state index in [4.69, 9.17) is 0 Å². The van der Waals surface area contributed by atoms with Gasteiger partial charge in [0, 0.05) is 37.9 Å². The van der Waals surface area contributed by atoms with Crippen LogP contribution in [0.15, 0.2) is 24.5 Å². The van der Waals surface area contributed by atoms with E-state index < -0.39 is 0 Å². The standard InChI is InChI=1S/C17H23N5O/c1-3-12-10-20-21-15(12)13-6-5-9-22(11-13)17(23)14-7-4-8-19-16(14)18-2/h4,7-8,10,13H,3,5-6,9,11H2,1-2H3,(H,18,19)(H,20,21). The van der Waals surface area contributed by atoms with Crippen LogP contribution in [0.5, 0.6) is 0 Å². The predicted molar refractivity (Wildman–Crippen MR) is 89.6 cm³/mol. The zero-order valence-electron chi connectivity index (χ0n) is 13.7. The molecule has 3 heterocycles. The van der Waals surface area contributed by atoms with Crippen molar-refractivity contribution in [3.8, 4) is 0 Å². The van der Waals surface area contributed by atoms with Gasteiger partial charge in [-0.25, -0.2) is 4.98 Å². The average molecular weight is 313 g/mol. The van der Waals surface area contributed by atoms with Crippen molar-refractivity contribution in [1.29, 1.82) is 0 Å². The van der Waals surface area contributed by atoms with Gasteiger partial charge in [0.05, 0.1) is 11.8 Å². The summed E-state index contributed by atoms with van der Waals surface area (Å²) in [6.45, 7) is 3.66. The van der Waals surface area contributed by atoms with Crippen LogP contribution >= 0.6 is 0 Å². The molecular weight excluding hydrogens is 290 g/mol. The van der Waals surface area contributed by atoms with Crippen LogP contribution in [0.3, 0.4) is 0 Å². The number of hydrogen-bond donors (Lipinski definition) is 2. The smallest absolute Gasteiger partial charge is 0.257 e. The molecule has 3 rings (SSSR count). The maximum absolute atomic E-state index is 12.9. The number of amides is 1. The summed E-state index contributed by atoms with van der Waals surface area (Å²) in [6.07, 6.45) is 6.65. The molecule has 1 aliphatic heterocycles. The maximum Gasteiger partial charge on any atom is 0.257 e. The minimum atomic E-state index is 0.0460. The molecule has 2 aromatic rings. The Bertz CT molecular complexity index is 681. The fourth-order valence-electron chi connectivity index (χ4n) is 3.30. The first-order valence-electron chi connectivity index (χ1n) is 8.18. The molecular formula is C17H23N5O. The number of likely N-dealkylation sites (tertiary alicyclic amines) is 1. The largest absolute Gasteiger partial charge is 0.372 e. The van der Waals surface area contributed by atoms with Crippen molar-refractivity contribution < 1.29 is 4.79 Å². The molecule has 2 N–H and O–H groups in total. The van der Waals surface area contributed by atoms with Gasteiger partial charge in [0.15, 0.2) is 0 Å². The van der Waals surface area contributed by atoms with Crippen LogP contribution in [0.25, 0.3) is 0 Å². The van der Waals surface area contributed by atoms with Gasteiger partial charge in [-0.1, -0.05) is 6.92 Å². The van der Waals surface area contributed by atoms with Gasteiger partial charge in [-0.2, -0.15) is 5.10 Å². The predicted octanol–water partition coefficient (Wildman–Crippen LogP) is 2.43. The number of piperidine rings is 1. The monoisotopic (exact) mass is 313 g/mol. The molecule has 0 bridgehead atoms. The maximum atomic E-state index is 12.9. The molecule has 0 saturated carbocycles. The Hall–Kier alpha value is -2.37. The Morgan fingerprint density at radius 1 is 1.52 bits per heavy atom. The summed E-state index contributed by atoms with van der Waals surface area (Å²) in [5.41, 5.74) is 3.07. The van der Waals surface area contributed by atoms with Gasteiger partial charge in [0.25, 0.3) is 5.91 Å². The number of anilines is 1. The lowest BCUT2D eigenvalue weighted by molar-refractivity contribution is 0.0706. The molecule has 1 atom stereocenters. The topological polar surface area (TPSA) is 73.9 Å². The third-order valence-corrected chi connectivity index (χ3v) is 4.52. The molecule has 1 saturated heterocycles. The van der Waals surface area contributed by atoms with Crippen molar-refractivity contribution in [1.82, 2.24) is 20.1 Å². The summed E-state index contributed by atoms with van der Waals surface area (Å²) in [5.74, 6) is 1.01. The van der Waals surface area contributed by atoms with Gasteiger partial charge in [0.2, 0.25) is 0 Å². The average Bonchev–Trinajstić information content (AvgIpc) is 3.10. The summed E-state index contributed by atoms with van der Waals surface area (Å²) in [4.78, 5) is 19.0. The van der Waals surface area contributed by atoms with Crippen molar-refractivity contribution in [2.75, 3.05) is 25.5 Å². The van der Waals surface area contributed by atoms with Gasteiger partial charge in [-0.15, -0.1) is 0 Å². The summed E-state index contributed by atoms with van der Waals surface area (Å²) < 4.78 is 0. The van der Waals surface area contributed by atoms with Crippen molar-refractivity contribution >= 4 is 11.7 Å². The van der Waals surface area contributed by atoms with E-state index in [0.717, 1.165) is 32.4 Å². The van der Waals surface area contributed by atoms with E-state index >= 15 is 0 Å². The second-order valence-corrected chi connectivity index (χ2v) is 5.90. The molecule has 0 radical (unpaired) electrons. The van der Waals surface area contributed by atoms with E-state index in [1.165, 1.54) is 11.3 Å². The highest BCUT2D eigenvalue weighted by Crippen LogP contribution is 2.29. The summed E-state index contributed by atoms with van der Waals surface area (Å²) in [7, 11) is 1.79. The van der Waals surface area contributed by atoms with Crippen molar-refractivity contribution in [3.05, 3.63) is 41.3 Å². The highest BCUT2D eigenvalue weighted by atomic mass is 16.2. The number of nitrogens with one attached hydrogen (secondary N) is 2. The lowest BCUT2D eigenvalue weighted by Gasteiger charge is -2.33. The number of rotatable bonds is 4. The fourth-order valence-corrected chi connectivity index (χ4v) is 3.30. The molecule has 0 spiro atoms. The van der Waals surface area contributed by atoms with Crippen molar-refractivity contribution in [2.24, 2.45) is 0 Å². The van der Waals surface area contributed by atoms with E-state index in [1.807, 2.05) is 17.2 Å². The molecule has 122 valence electrons. The molecule has 6 nitrogen and oxygen atoms in total. The van der Waals surface area contributed by atoms with E-state index in [2.05, 4.69) is 27.4 Å². The van der Waals surface area contributed by atoms with E-state index in [0.29, 0.717) is 17.3 Å². The number of aromatic nitrogens is 3. The van der Waals surface area contributed by atoms with Crippen LogP contribution in [0.1, 0.15) is 47.3 Å². The van der Waals surface area contributed by atoms with E-state index in [-0.39, 0.29) is 5.91 Å². The Labute approximate surface area is 136 Å². The van der Waals surface area contributed by atoms with Gasteiger partial charge >= 0.3 is 0 Å². The Morgan fingerprint density at radius 3 is 3.17 bits per heavy atom. The molecule has 23 heavy (non-hydrogen) atoms. The second kappa shape index (κ2) is 6.81. The number of aryl methyl sites for hydroxylation is 1. The van der Waals surface area contributed by atoms with E-state index in [9.17, 15) is 4.79 Å². The molecule has 0 aliphatic carbocycles. The van der Waals surface area contributed by atoms with Gasteiger partial charge < -0.3 is 10.2 Å². The molecule has 0 aromatic carbocycles. The molecule has 2 aromatic heterocycles. The summed E-state index contributed by atoms with van der Waals surface area (Å²) in [5, 5.41) is 10.3. The van der Waals surface area contributed by atoms with Gasteiger partial charge in [0.1, 0.15) is 5.82 Å². The zero-order chi connectivity index (χ0) is 16.2. The lowest BCUT2D eigenvalue weighted by atomic mass is 9.91. The highest BCUT2D eigenvalue weighted by Gasteiger charge is 2.28. The first kappa shape index (κ1) is 15.5. The molecule has 6 heteroatoms. The van der Waals surface area contributed by atoms with Crippen LogP contribution in [0.4, 0.5) is 5.82 Å². The van der Waals surface area contributed by atoms with Crippen LogP contribution in [-0.4, -0.2) is 46.1 Å². The Balaban J connectivity index is 1.79. The fraction of sp³-hybridized carbons (Fsp3) is 0.471. The summed E-state index contributed by atoms with van der Waals surface area (Å²) >= 11 is 0. The Kier molecular flexibility index (Phi) is 4.60. The second-order valence-electron chi connectivity index (χ2n) is 5.90. The number of carbonyl (C=O) groups excluding carboxylic acids is 1. The number of hydrogen-bond acceptors (Lipinski definition) is 4. The normalized spacial score (nSPS) is 18.0. The van der Waals surface area contributed by atoms with Crippen LogP contribution in [-0.2, 0) is 6.42 Å². The third-order valence-electron chi connectivity index (χ3n) is 4.52. The molecule has 1 amide bonds. The molecule has 1 unspecified atom stereocenters. The van der Waals surface area contributed by atoms with E-state index in [1.54, 1.807) is 19.3 Å². The number of pyridine rings is 1. The SMILES string of the molecule is CCc1cn[nH]c1C1CCCN(C(=O)c2cccnc2NC)C1. The quantitative estimate of drug-likeness (QED) is 0.909. The minimum absolute atomic E-state index is 0.0460. The van der Waals surface area contributed by atoms with Gasteiger partial charge in [-0.3, -0.25) is 9.89 Å². The highest BCUT2D eigenvalue weighted by molar-refractivity contribution is 5.98. The molecule has 1 fully saturated rings. The number of nitrogens with zero attached hydrogens (tertiary/aromatic N) is 3. The van der Waals surface area contributed by atoms with Crippen LogP contribution in [0.2, 0.25) is 0 Å². The van der Waals surface area contributed by atoms with Crippen molar-refractivity contribution in [3.63, 3.8) is 0 Å². The molecule has 1 aliphatic rings. The van der Waals surface area contributed by atoms with Crippen molar-refractivity contribution in [2.45, 2.75) is 32.1 Å².